The molecule has 2 aliphatic heterocycles. The molecule has 17 heavy (non-hydrogen) atoms. The van der Waals surface area contributed by atoms with Gasteiger partial charge in [-0.2, -0.15) is 0 Å². The Bertz CT molecular complexity index is 350. The van der Waals surface area contributed by atoms with E-state index >= 15 is 0 Å². The minimum Gasteiger partial charge on any atom is -0.365 e. The summed E-state index contributed by atoms with van der Waals surface area (Å²) in [5, 5.41) is 3.39. The fourth-order valence-electron chi connectivity index (χ4n) is 2.63. The van der Waals surface area contributed by atoms with Crippen molar-refractivity contribution in [2.45, 2.75) is 45.3 Å². The van der Waals surface area contributed by atoms with Gasteiger partial charge in [0.05, 0.1) is 12.2 Å². The number of hydrogen-bond acceptors (Lipinski definition) is 2. The van der Waals surface area contributed by atoms with E-state index < -0.39 is 0 Å². The third kappa shape index (κ3) is 2.53. The lowest BCUT2D eigenvalue weighted by atomic mass is 9.84. The van der Waals surface area contributed by atoms with Gasteiger partial charge in [-0.3, -0.25) is 0 Å². The average Bonchev–Trinajstić information content (AvgIpc) is 2.71. The predicted octanol–water partition coefficient (Wildman–Crippen LogP) is 3.21. The summed E-state index contributed by atoms with van der Waals surface area (Å²) in [5.41, 5.74) is 2.86. The number of nitrogens with one attached hydrogen (secondary N) is 1. The molecular weight excluding hydrogens is 210 g/mol. The zero-order valence-corrected chi connectivity index (χ0v) is 11.0. The van der Waals surface area contributed by atoms with E-state index in [1.807, 2.05) is 0 Å². The van der Waals surface area contributed by atoms with E-state index in [0.717, 1.165) is 32.5 Å². The molecule has 3 rings (SSSR count). The highest BCUT2D eigenvalue weighted by molar-refractivity contribution is 5.35. The first-order valence-electron chi connectivity index (χ1n) is 6.75. The van der Waals surface area contributed by atoms with Crippen molar-refractivity contribution in [3.8, 4) is 0 Å². The quantitative estimate of drug-likeness (QED) is 0.743. The van der Waals surface area contributed by atoms with E-state index in [-0.39, 0.29) is 5.60 Å². The molecule has 1 saturated heterocycles. The van der Waals surface area contributed by atoms with Crippen molar-refractivity contribution in [3.05, 3.63) is 35.4 Å². The van der Waals surface area contributed by atoms with Crippen LogP contribution in [-0.2, 0) is 16.9 Å². The molecule has 0 aliphatic carbocycles. The van der Waals surface area contributed by atoms with Crippen molar-refractivity contribution in [2.75, 3.05) is 13.1 Å². The summed E-state index contributed by atoms with van der Waals surface area (Å²) in [4.78, 5) is 0. The monoisotopic (exact) mass is 233 g/mol. The van der Waals surface area contributed by atoms with Gasteiger partial charge in [-0.15, -0.1) is 0 Å². The summed E-state index contributed by atoms with van der Waals surface area (Å²) < 4.78 is 6.01. The Labute approximate surface area is 104 Å². The highest BCUT2D eigenvalue weighted by Crippen LogP contribution is 2.42. The van der Waals surface area contributed by atoms with Crippen LogP contribution < -0.4 is 5.32 Å². The number of fused-ring (bicyclic) bond motifs is 2. The van der Waals surface area contributed by atoms with Gasteiger partial charge in [0.25, 0.3) is 0 Å². The van der Waals surface area contributed by atoms with E-state index in [0.29, 0.717) is 0 Å². The Morgan fingerprint density at radius 2 is 1.82 bits per heavy atom. The normalized spacial score (nSPS) is 20.6. The predicted molar refractivity (Wildman–Crippen MR) is 71.0 cm³/mol. The van der Waals surface area contributed by atoms with Crippen LogP contribution in [0.15, 0.2) is 24.3 Å². The van der Waals surface area contributed by atoms with Crippen LogP contribution >= 0.6 is 0 Å². The molecule has 2 heterocycles. The van der Waals surface area contributed by atoms with Gasteiger partial charge < -0.3 is 10.1 Å². The van der Waals surface area contributed by atoms with Crippen molar-refractivity contribution in [1.82, 2.24) is 5.32 Å². The number of hydrogen-bond donors (Lipinski definition) is 1. The largest absolute Gasteiger partial charge is 0.365 e. The molecule has 1 aromatic rings. The smallest absolute Gasteiger partial charge is 0.0963 e. The summed E-state index contributed by atoms with van der Waals surface area (Å²) in [6.45, 7) is 7.21. The first kappa shape index (κ1) is 12.6. The molecule has 0 amide bonds. The Kier molecular flexibility index (Phi) is 4.19. The van der Waals surface area contributed by atoms with E-state index in [9.17, 15) is 0 Å². The molecule has 0 atom stereocenters. The van der Waals surface area contributed by atoms with Crippen LogP contribution in [0.1, 0.15) is 44.2 Å². The topological polar surface area (TPSA) is 21.3 Å². The number of rotatable bonds is 0. The third-order valence-electron chi connectivity index (χ3n) is 3.42. The van der Waals surface area contributed by atoms with Gasteiger partial charge in [0.15, 0.2) is 0 Å². The lowest BCUT2D eigenvalue weighted by molar-refractivity contribution is -0.0590. The summed E-state index contributed by atoms with van der Waals surface area (Å²) in [5.74, 6) is 0. The summed E-state index contributed by atoms with van der Waals surface area (Å²) in [6.07, 6.45) is 3.48. The molecule has 0 radical (unpaired) electrons. The number of ether oxygens (including phenoxy) is 1. The molecule has 2 aliphatic rings. The van der Waals surface area contributed by atoms with Crippen molar-refractivity contribution in [1.29, 1.82) is 0 Å². The number of piperidine rings is 1. The molecule has 0 unspecified atom stereocenters. The molecule has 0 saturated carbocycles. The molecule has 1 spiro atoms. The standard InChI is InChI=1S/C12H15NO.C3H8/c1-2-4-11-10(3-1)9-14-12(11)5-7-13-8-6-12;1-3-2/h1-4,13H,5-9H2;3H2,1-2H3. The highest BCUT2D eigenvalue weighted by atomic mass is 16.5. The van der Waals surface area contributed by atoms with Crippen LogP contribution in [0.25, 0.3) is 0 Å². The molecule has 2 heteroatoms. The van der Waals surface area contributed by atoms with Gasteiger partial charge in [-0.25, -0.2) is 0 Å². The molecule has 1 aromatic carbocycles. The molecular formula is C15H23NO. The Hall–Kier alpha value is -0.860. The van der Waals surface area contributed by atoms with E-state index in [1.54, 1.807) is 0 Å². The fraction of sp³-hybridized carbons (Fsp3) is 0.600. The molecule has 2 nitrogen and oxygen atoms in total. The van der Waals surface area contributed by atoms with Crippen LogP contribution in [0, 0.1) is 0 Å². The van der Waals surface area contributed by atoms with Crippen LogP contribution in [-0.4, -0.2) is 13.1 Å². The minimum absolute atomic E-state index is 0.0435. The maximum absolute atomic E-state index is 6.01. The lowest BCUT2D eigenvalue weighted by Gasteiger charge is -2.33. The highest BCUT2D eigenvalue weighted by Gasteiger charge is 2.40. The van der Waals surface area contributed by atoms with Gasteiger partial charge in [-0.1, -0.05) is 44.5 Å². The summed E-state index contributed by atoms with van der Waals surface area (Å²) in [6, 6.07) is 8.64. The Morgan fingerprint density at radius 3 is 2.53 bits per heavy atom. The van der Waals surface area contributed by atoms with Crippen LogP contribution in [0.3, 0.4) is 0 Å². The van der Waals surface area contributed by atoms with E-state index in [1.165, 1.54) is 17.5 Å². The maximum Gasteiger partial charge on any atom is 0.0963 e. The summed E-state index contributed by atoms with van der Waals surface area (Å²) in [7, 11) is 0. The van der Waals surface area contributed by atoms with Crippen molar-refractivity contribution >= 4 is 0 Å². The van der Waals surface area contributed by atoms with Crippen LogP contribution in [0.4, 0.5) is 0 Å². The Balaban J connectivity index is 0.000000329. The first-order chi connectivity index (χ1) is 8.32. The second-order valence-corrected chi connectivity index (χ2v) is 4.90. The minimum atomic E-state index is 0.0435. The fourth-order valence-corrected chi connectivity index (χ4v) is 2.63. The van der Waals surface area contributed by atoms with Crippen molar-refractivity contribution in [2.24, 2.45) is 0 Å². The van der Waals surface area contributed by atoms with Crippen molar-refractivity contribution < 1.29 is 4.74 Å². The molecule has 1 N–H and O–H groups in total. The molecule has 0 aromatic heterocycles. The maximum atomic E-state index is 6.01. The van der Waals surface area contributed by atoms with Gasteiger partial charge in [-0.05, 0) is 37.1 Å². The second kappa shape index (κ2) is 5.65. The zero-order chi connectivity index (χ0) is 12.1. The lowest BCUT2D eigenvalue weighted by Crippen LogP contribution is -2.39. The van der Waals surface area contributed by atoms with Gasteiger partial charge in [0.2, 0.25) is 0 Å². The Morgan fingerprint density at radius 1 is 1.18 bits per heavy atom. The number of benzene rings is 1. The van der Waals surface area contributed by atoms with Crippen LogP contribution in [0.2, 0.25) is 0 Å². The second-order valence-electron chi connectivity index (χ2n) is 4.90. The summed E-state index contributed by atoms with van der Waals surface area (Å²) >= 11 is 0. The SMILES string of the molecule is CCC.c1ccc2c(c1)COC21CCNCC1. The van der Waals surface area contributed by atoms with Gasteiger partial charge >= 0.3 is 0 Å². The average molecular weight is 233 g/mol. The molecule has 94 valence electrons. The van der Waals surface area contributed by atoms with Crippen molar-refractivity contribution in [3.63, 3.8) is 0 Å². The van der Waals surface area contributed by atoms with Crippen LogP contribution in [0.5, 0.6) is 0 Å². The van der Waals surface area contributed by atoms with E-state index in [4.69, 9.17) is 4.74 Å². The van der Waals surface area contributed by atoms with Gasteiger partial charge in [0.1, 0.15) is 0 Å². The third-order valence-corrected chi connectivity index (χ3v) is 3.42. The van der Waals surface area contributed by atoms with Gasteiger partial charge in [0, 0.05) is 0 Å². The molecule has 0 bridgehead atoms. The zero-order valence-electron chi connectivity index (χ0n) is 11.0. The van der Waals surface area contributed by atoms with E-state index in [2.05, 4.69) is 43.4 Å². The molecule has 1 fully saturated rings. The first-order valence-corrected chi connectivity index (χ1v) is 6.75.